The van der Waals surface area contributed by atoms with Crippen LogP contribution in [-0.2, 0) is 4.79 Å². The van der Waals surface area contributed by atoms with Gasteiger partial charge >= 0.3 is 5.97 Å². The van der Waals surface area contributed by atoms with Gasteiger partial charge in [0, 0.05) is 38.6 Å². The van der Waals surface area contributed by atoms with E-state index in [0.29, 0.717) is 31.1 Å². The highest BCUT2D eigenvalue weighted by molar-refractivity contribution is 5.76. The van der Waals surface area contributed by atoms with Gasteiger partial charge in [-0.1, -0.05) is 6.07 Å². The summed E-state index contributed by atoms with van der Waals surface area (Å²) in [6, 6.07) is 5.22. The van der Waals surface area contributed by atoms with Crippen LogP contribution in [-0.4, -0.2) is 52.1 Å². The van der Waals surface area contributed by atoms with Gasteiger partial charge in [-0.15, -0.1) is 0 Å². The summed E-state index contributed by atoms with van der Waals surface area (Å²) >= 11 is 0. The number of carboxylic acid groups (broad SMARTS) is 1. The molecule has 0 saturated carbocycles. The van der Waals surface area contributed by atoms with Gasteiger partial charge in [0.1, 0.15) is 11.9 Å². The van der Waals surface area contributed by atoms with Gasteiger partial charge in [-0.25, -0.2) is 14.4 Å². The maximum atomic E-state index is 13.7. The molecule has 0 radical (unpaired) electrons. The van der Waals surface area contributed by atoms with Gasteiger partial charge in [0.05, 0.1) is 0 Å². The molecule has 0 amide bonds. The Morgan fingerprint density at radius 1 is 1.20 bits per heavy atom. The molecule has 25 heavy (non-hydrogen) atoms. The van der Waals surface area contributed by atoms with Crippen molar-refractivity contribution in [2.24, 2.45) is 0 Å². The van der Waals surface area contributed by atoms with Gasteiger partial charge in [-0.2, -0.15) is 0 Å². The summed E-state index contributed by atoms with van der Waals surface area (Å²) < 4.78 is 13.7. The molecule has 2 aromatic rings. The molecule has 2 heterocycles. The number of carboxylic acids is 1. The molecule has 1 saturated heterocycles. The number of rotatable bonds is 4. The monoisotopic (exact) mass is 344 g/mol. The first-order valence-corrected chi connectivity index (χ1v) is 8.31. The topological polar surface area (TPSA) is 69.6 Å². The lowest BCUT2D eigenvalue weighted by Crippen LogP contribution is -2.38. The molecule has 1 aliphatic rings. The fraction of sp³-hybridized carbons (Fsp3) is 0.389. The van der Waals surface area contributed by atoms with E-state index in [4.69, 9.17) is 0 Å². The average Bonchev–Trinajstić information content (AvgIpc) is 2.85. The third-order valence-corrected chi connectivity index (χ3v) is 4.50. The Morgan fingerprint density at radius 3 is 2.68 bits per heavy atom. The third kappa shape index (κ3) is 3.93. The van der Waals surface area contributed by atoms with Crippen LogP contribution in [0.15, 0.2) is 36.7 Å². The summed E-state index contributed by atoms with van der Waals surface area (Å²) in [6.45, 7) is 4.37. The minimum absolute atomic E-state index is 0.416. The predicted octanol–water partition coefficient (Wildman–Crippen LogP) is 2.26. The van der Waals surface area contributed by atoms with Gasteiger partial charge in [-0.05, 0) is 42.7 Å². The second-order valence-corrected chi connectivity index (χ2v) is 6.17. The predicted molar refractivity (Wildman–Crippen MR) is 91.9 cm³/mol. The first kappa shape index (κ1) is 17.3. The van der Waals surface area contributed by atoms with E-state index in [2.05, 4.69) is 14.9 Å². The van der Waals surface area contributed by atoms with Crippen molar-refractivity contribution >= 4 is 11.9 Å². The Bertz CT molecular complexity index is 741. The van der Waals surface area contributed by atoms with Crippen molar-refractivity contribution in [1.82, 2.24) is 14.9 Å². The average molecular weight is 344 g/mol. The lowest BCUT2D eigenvalue weighted by molar-refractivity contribution is -0.143. The van der Waals surface area contributed by atoms with Crippen molar-refractivity contribution in [3.63, 3.8) is 0 Å². The van der Waals surface area contributed by atoms with E-state index >= 15 is 0 Å². The Morgan fingerprint density at radius 2 is 1.96 bits per heavy atom. The Kier molecular flexibility index (Phi) is 5.23. The fourth-order valence-corrected chi connectivity index (χ4v) is 3.24. The van der Waals surface area contributed by atoms with Crippen LogP contribution < -0.4 is 4.90 Å². The normalized spacial score (nSPS) is 17.1. The van der Waals surface area contributed by atoms with Gasteiger partial charge in [0.25, 0.3) is 0 Å². The molecule has 7 heteroatoms. The number of benzene rings is 1. The first-order valence-electron chi connectivity index (χ1n) is 8.31. The van der Waals surface area contributed by atoms with Crippen molar-refractivity contribution in [3.8, 4) is 0 Å². The molecule has 1 aliphatic heterocycles. The molecule has 132 valence electrons. The van der Waals surface area contributed by atoms with Crippen LogP contribution >= 0.6 is 0 Å². The minimum atomic E-state index is -0.960. The SMILES string of the molecule is Cc1ccc(F)cc1[C@H](C(=O)O)N1CCCN(c2ncccn2)CC1. The highest BCUT2D eigenvalue weighted by Crippen LogP contribution is 2.26. The van der Waals surface area contributed by atoms with Crippen LogP contribution in [0.3, 0.4) is 0 Å². The molecule has 3 rings (SSSR count). The van der Waals surface area contributed by atoms with Crippen LogP contribution in [0.2, 0.25) is 0 Å². The van der Waals surface area contributed by atoms with E-state index in [1.165, 1.54) is 12.1 Å². The van der Waals surface area contributed by atoms with Gasteiger partial charge in [0.2, 0.25) is 5.95 Å². The van der Waals surface area contributed by atoms with Crippen LogP contribution in [0.25, 0.3) is 0 Å². The van der Waals surface area contributed by atoms with Crippen molar-refractivity contribution in [2.75, 3.05) is 31.1 Å². The number of hydrogen-bond acceptors (Lipinski definition) is 5. The molecule has 1 N–H and O–H groups in total. The second-order valence-electron chi connectivity index (χ2n) is 6.17. The molecule has 0 aliphatic carbocycles. The number of aromatic nitrogens is 2. The maximum Gasteiger partial charge on any atom is 0.325 e. The van der Waals surface area contributed by atoms with Crippen LogP contribution in [0.5, 0.6) is 0 Å². The Hall–Kier alpha value is -2.54. The van der Waals surface area contributed by atoms with E-state index in [0.717, 1.165) is 18.5 Å². The molecule has 1 aromatic heterocycles. The van der Waals surface area contributed by atoms with E-state index in [1.54, 1.807) is 24.5 Å². The summed E-state index contributed by atoms with van der Waals surface area (Å²) in [6.07, 6.45) is 4.18. The van der Waals surface area contributed by atoms with Gasteiger partial charge in [-0.3, -0.25) is 9.69 Å². The van der Waals surface area contributed by atoms with E-state index in [-0.39, 0.29) is 0 Å². The molecule has 1 fully saturated rings. The lowest BCUT2D eigenvalue weighted by atomic mass is 9.99. The highest BCUT2D eigenvalue weighted by Gasteiger charge is 2.30. The molecule has 0 unspecified atom stereocenters. The molecule has 1 atom stereocenters. The van der Waals surface area contributed by atoms with Crippen molar-refractivity contribution < 1.29 is 14.3 Å². The molecule has 0 spiro atoms. The van der Waals surface area contributed by atoms with Crippen LogP contribution in [0.4, 0.5) is 10.3 Å². The summed E-state index contributed by atoms with van der Waals surface area (Å²) in [5.41, 5.74) is 1.29. The number of halogens is 1. The first-order chi connectivity index (χ1) is 12.1. The van der Waals surface area contributed by atoms with Gasteiger partial charge in [0.15, 0.2) is 0 Å². The number of nitrogens with zero attached hydrogens (tertiary/aromatic N) is 4. The smallest absolute Gasteiger partial charge is 0.325 e. The number of aliphatic carboxylic acids is 1. The minimum Gasteiger partial charge on any atom is -0.480 e. The third-order valence-electron chi connectivity index (χ3n) is 4.50. The maximum absolute atomic E-state index is 13.7. The standard InChI is InChI=1S/C18H21FN4O2/c1-13-4-5-14(19)12-15(13)16(17(24)25)22-8-3-9-23(11-10-22)18-20-6-2-7-21-18/h2,4-7,12,16H,3,8-11H2,1H3,(H,24,25)/t16-/m1/s1. The largest absolute Gasteiger partial charge is 0.480 e. The van der Waals surface area contributed by atoms with Crippen molar-refractivity contribution in [1.29, 1.82) is 0 Å². The number of carbonyl (C=O) groups is 1. The molecule has 0 bridgehead atoms. The molecular weight excluding hydrogens is 323 g/mol. The molecule has 6 nitrogen and oxygen atoms in total. The van der Waals surface area contributed by atoms with Crippen molar-refractivity contribution in [2.45, 2.75) is 19.4 Å². The van der Waals surface area contributed by atoms with E-state index in [1.807, 2.05) is 11.8 Å². The zero-order valence-electron chi connectivity index (χ0n) is 14.1. The second kappa shape index (κ2) is 7.57. The van der Waals surface area contributed by atoms with Crippen LogP contribution in [0, 0.1) is 12.7 Å². The molecular formula is C18H21FN4O2. The Balaban J connectivity index is 1.81. The van der Waals surface area contributed by atoms with Crippen molar-refractivity contribution in [3.05, 3.63) is 53.6 Å². The quantitative estimate of drug-likeness (QED) is 0.917. The Labute approximate surface area is 145 Å². The van der Waals surface area contributed by atoms with Gasteiger partial charge < -0.3 is 10.0 Å². The zero-order valence-corrected chi connectivity index (χ0v) is 14.1. The summed E-state index contributed by atoms with van der Waals surface area (Å²) in [5.74, 6) is -0.725. The summed E-state index contributed by atoms with van der Waals surface area (Å²) in [5, 5.41) is 9.77. The summed E-state index contributed by atoms with van der Waals surface area (Å²) in [7, 11) is 0. The number of hydrogen-bond donors (Lipinski definition) is 1. The van der Waals surface area contributed by atoms with Crippen LogP contribution in [0.1, 0.15) is 23.6 Å². The molecule has 1 aromatic carbocycles. The van der Waals surface area contributed by atoms with E-state index < -0.39 is 17.8 Å². The summed E-state index contributed by atoms with van der Waals surface area (Å²) in [4.78, 5) is 24.4. The number of aryl methyl sites for hydroxylation is 1. The highest BCUT2D eigenvalue weighted by atomic mass is 19.1. The zero-order chi connectivity index (χ0) is 17.8. The van der Waals surface area contributed by atoms with E-state index in [9.17, 15) is 14.3 Å². The lowest BCUT2D eigenvalue weighted by Gasteiger charge is -2.29. The number of anilines is 1. The fourth-order valence-electron chi connectivity index (χ4n) is 3.24.